The Hall–Kier alpha value is -1.56. The van der Waals surface area contributed by atoms with E-state index in [0.29, 0.717) is 10.7 Å². The zero-order valence-corrected chi connectivity index (χ0v) is 13.5. The number of nitrogens with zero attached hydrogens (tertiary/aromatic N) is 1. The maximum atomic E-state index is 12.5. The molecule has 5 nitrogen and oxygen atoms in total. The lowest BCUT2D eigenvalue weighted by molar-refractivity contribution is 0.0759. The third-order valence-electron chi connectivity index (χ3n) is 4.24. The quantitative estimate of drug-likeness (QED) is 0.908. The van der Waals surface area contributed by atoms with Crippen LogP contribution in [0.15, 0.2) is 24.3 Å². The highest BCUT2D eigenvalue weighted by atomic mass is 35.5. The van der Waals surface area contributed by atoms with Gasteiger partial charge in [0.1, 0.15) is 5.69 Å². The molecule has 0 unspecified atom stereocenters. The lowest BCUT2D eigenvalue weighted by atomic mass is 10.2. The highest BCUT2D eigenvalue weighted by Crippen LogP contribution is 2.20. The first-order valence-corrected chi connectivity index (χ1v) is 7.82. The Balaban J connectivity index is 1.75. The number of aromatic nitrogens is 1. The summed E-state index contributed by atoms with van der Waals surface area (Å²) in [7, 11) is 1.69. The van der Waals surface area contributed by atoms with E-state index < -0.39 is 0 Å². The van der Waals surface area contributed by atoms with Gasteiger partial charge < -0.3 is 15.0 Å². The fourth-order valence-electron chi connectivity index (χ4n) is 2.96. The molecule has 2 N–H and O–H groups in total. The Morgan fingerprint density at radius 3 is 3.00 bits per heavy atom. The number of benzene rings is 1. The number of H-pyrrole nitrogens is 1. The normalized spacial score (nSPS) is 22.3. The van der Waals surface area contributed by atoms with E-state index >= 15 is 0 Å². The molecule has 2 atom stereocenters. The zero-order valence-electron chi connectivity index (χ0n) is 12.7. The zero-order chi connectivity index (χ0) is 15.7. The van der Waals surface area contributed by atoms with Gasteiger partial charge >= 0.3 is 0 Å². The number of hydrogen-bond donors (Lipinski definition) is 2. The van der Waals surface area contributed by atoms with Gasteiger partial charge in [-0.1, -0.05) is 18.5 Å². The number of likely N-dealkylation sites (tertiary alicyclic amines) is 1. The summed E-state index contributed by atoms with van der Waals surface area (Å²) in [6.07, 6.45) is 0.0303. The van der Waals surface area contributed by atoms with Gasteiger partial charge in [0.15, 0.2) is 0 Å². The number of nitrogens with one attached hydrogen (secondary N) is 2. The van der Waals surface area contributed by atoms with Crippen molar-refractivity contribution in [1.82, 2.24) is 15.2 Å². The van der Waals surface area contributed by atoms with Gasteiger partial charge in [-0.25, -0.2) is 0 Å². The molecule has 0 saturated carbocycles. The molecule has 1 aromatic carbocycles. The lowest BCUT2D eigenvalue weighted by Crippen LogP contribution is -2.43. The van der Waals surface area contributed by atoms with Crippen molar-refractivity contribution in [3.8, 4) is 0 Å². The van der Waals surface area contributed by atoms with Crippen LogP contribution in [0.2, 0.25) is 5.02 Å². The van der Waals surface area contributed by atoms with Gasteiger partial charge in [0, 0.05) is 36.1 Å². The molecule has 3 rings (SSSR count). The van der Waals surface area contributed by atoms with E-state index in [1.807, 2.05) is 18.2 Å². The van der Waals surface area contributed by atoms with Crippen LogP contribution in [0.3, 0.4) is 0 Å². The largest absolute Gasteiger partial charge is 0.378 e. The Labute approximate surface area is 134 Å². The van der Waals surface area contributed by atoms with E-state index in [9.17, 15) is 4.79 Å². The molecule has 1 saturated heterocycles. The van der Waals surface area contributed by atoms with Crippen molar-refractivity contribution in [2.24, 2.45) is 0 Å². The van der Waals surface area contributed by atoms with E-state index in [1.54, 1.807) is 13.2 Å². The summed E-state index contributed by atoms with van der Waals surface area (Å²) >= 11 is 5.98. The molecule has 118 valence electrons. The lowest BCUT2D eigenvalue weighted by Gasteiger charge is -2.18. The molecule has 0 spiro atoms. The molecule has 22 heavy (non-hydrogen) atoms. The van der Waals surface area contributed by atoms with E-state index in [1.165, 1.54) is 0 Å². The van der Waals surface area contributed by atoms with Crippen molar-refractivity contribution in [3.63, 3.8) is 0 Å². The third kappa shape index (κ3) is 2.97. The summed E-state index contributed by atoms with van der Waals surface area (Å²) in [6, 6.07) is 7.36. The number of methoxy groups -OCH3 is 1. The highest BCUT2D eigenvalue weighted by Gasteiger charge is 2.33. The number of hydrogen-bond acceptors (Lipinski definition) is 3. The third-order valence-corrected chi connectivity index (χ3v) is 4.47. The number of carbonyl (C=O) groups is 1. The number of ether oxygens (including phenoxy) is 1. The first kappa shape index (κ1) is 15.3. The summed E-state index contributed by atoms with van der Waals surface area (Å²) in [6.45, 7) is 4.72. The van der Waals surface area contributed by atoms with Crippen molar-refractivity contribution in [3.05, 3.63) is 35.0 Å². The Bertz CT molecular complexity index is 685. The molecule has 2 aromatic rings. The molecule has 2 heterocycles. The van der Waals surface area contributed by atoms with Gasteiger partial charge in [-0.3, -0.25) is 9.69 Å². The summed E-state index contributed by atoms with van der Waals surface area (Å²) in [4.78, 5) is 17.9. The molecule has 1 aliphatic heterocycles. The molecule has 1 fully saturated rings. The van der Waals surface area contributed by atoms with E-state index in [4.69, 9.17) is 16.3 Å². The Morgan fingerprint density at radius 1 is 1.45 bits per heavy atom. The average Bonchev–Trinajstić information content (AvgIpc) is 3.10. The molecule has 0 bridgehead atoms. The van der Waals surface area contributed by atoms with E-state index in [-0.39, 0.29) is 18.1 Å². The van der Waals surface area contributed by atoms with Crippen LogP contribution >= 0.6 is 11.6 Å². The van der Waals surface area contributed by atoms with Crippen LogP contribution < -0.4 is 5.32 Å². The summed E-state index contributed by atoms with van der Waals surface area (Å²) < 4.78 is 5.48. The summed E-state index contributed by atoms with van der Waals surface area (Å²) in [5, 5.41) is 4.66. The summed E-state index contributed by atoms with van der Waals surface area (Å²) in [5.41, 5.74) is 1.45. The number of amides is 1. The van der Waals surface area contributed by atoms with Crippen molar-refractivity contribution in [1.29, 1.82) is 0 Å². The minimum atomic E-state index is -0.114. The fourth-order valence-corrected chi connectivity index (χ4v) is 3.14. The van der Waals surface area contributed by atoms with Gasteiger partial charge in [0.2, 0.25) is 0 Å². The second-order valence-corrected chi connectivity index (χ2v) is 6.06. The van der Waals surface area contributed by atoms with Crippen molar-refractivity contribution >= 4 is 28.4 Å². The number of halogens is 1. The van der Waals surface area contributed by atoms with Crippen LogP contribution in [0.4, 0.5) is 0 Å². The van der Waals surface area contributed by atoms with Gasteiger partial charge in [-0.05, 0) is 30.8 Å². The molecule has 1 amide bonds. The van der Waals surface area contributed by atoms with Crippen LogP contribution in [0.25, 0.3) is 10.9 Å². The molecule has 0 aliphatic carbocycles. The van der Waals surface area contributed by atoms with Crippen molar-refractivity contribution in [2.45, 2.75) is 19.1 Å². The van der Waals surface area contributed by atoms with Gasteiger partial charge in [-0.2, -0.15) is 0 Å². The predicted octanol–water partition coefficient (Wildman–Crippen LogP) is 2.27. The number of carbonyl (C=O) groups excluding carboxylic acids is 1. The Kier molecular flexibility index (Phi) is 4.38. The smallest absolute Gasteiger partial charge is 0.268 e. The van der Waals surface area contributed by atoms with Crippen LogP contribution in [-0.4, -0.2) is 54.7 Å². The first-order valence-electron chi connectivity index (χ1n) is 7.45. The second kappa shape index (κ2) is 6.28. The number of fused-ring (bicyclic) bond motifs is 1. The van der Waals surface area contributed by atoms with E-state index in [2.05, 4.69) is 22.1 Å². The van der Waals surface area contributed by atoms with E-state index in [0.717, 1.165) is 30.5 Å². The predicted molar refractivity (Wildman–Crippen MR) is 87.5 cm³/mol. The molecule has 6 heteroatoms. The van der Waals surface area contributed by atoms with Crippen molar-refractivity contribution in [2.75, 3.05) is 26.7 Å². The van der Waals surface area contributed by atoms with Crippen molar-refractivity contribution < 1.29 is 9.53 Å². The van der Waals surface area contributed by atoms with Crippen LogP contribution in [0, 0.1) is 0 Å². The van der Waals surface area contributed by atoms with Crippen LogP contribution in [0.5, 0.6) is 0 Å². The number of aromatic amines is 1. The van der Waals surface area contributed by atoms with Gasteiger partial charge in [0.25, 0.3) is 5.91 Å². The average molecular weight is 322 g/mol. The Morgan fingerprint density at radius 2 is 2.27 bits per heavy atom. The monoisotopic (exact) mass is 321 g/mol. The second-order valence-electron chi connectivity index (χ2n) is 5.62. The van der Waals surface area contributed by atoms with Crippen LogP contribution in [-0.2, 0) is 4.74 Å². The van der Waals surface area contributed by atoms with Crippen LogP contribution in [0.1, 0.15) is 17.4 Å². The first-order chi connectivity index (χ1) is 10.6. The minimum absolute atomic E-state index is 0.00690. The number of rotatable bonds is 4. The number of likely N-dealkylation sites (N-methyl/N-ethyl adjacent to an activating group) is 1. The van der Waals surface area contributed by atoms with Gasteiger partial charge in [-0.15, -0.1) is 0 Å². The molecule has 1 aliphatic rings. The maximum Gasteiger partial charge on any atom is 0.268 e. The summed E-state index contributed by atoms with van der Waals surface area (Å²) in [5.74, 6) is -0.114. The minimum Gasteiger partial charge on any atom is -0.378 e. The SMILES string of the molecule is CCN1C[C@H](NC(=O)c2cc3cc(Cl)ccc3[nH]2)[C@@H](OC)C1. The highest BCUT2D eigenvalue weighted by molar-refractivity contribution is 6.31. The maximum absolute atomic E-state index is 12.5. The standard InChI is InChI=1S/C16H20ClN3O2/c1-3-20-8-14(15(9-20)22-2)19-16(21)13-7-10-6-11(17)4-5-12(10)18-13/h4-7,14-15,18H,3,8-9H2,1-2H3,(H,19,21)/t14-,15-/m0/s1. The molecular weight excluding hydrogens is 302 g/mol. The molecular formula is C16H20ClN3O2. The fraction of sp³-hybridized carbons (Fsp3) is 0.438. The molecule has 1 aromatic heterocycles. The van der Waals surface area contributed by atoms with Gasteiger partial charge in [0.05, 0.1) is 12.1 Å². The molecule has 0 radical (unpaired) electrons. The topological polar surface area (TPSA) is 57.4 Å².